The first-order valence-electron chi connectivity index (χ1n) is 20.1. The van der Waals surface area contributed by atoms with Crippen molar-refractivity contribution in [1.82, 2.24) is 0 Å². The first kappa shape index (κ1) is 47.5. The molecule has 1 unspecified atom stereocenters. The molecule has 1 heteroatoms. The molecule has 1 aliphatic heterocycles. The number of unbranched alkanes of at least 4 members (excludes halogenated alkanes) is 2. The number of rotatable bonds is 11. The first-order chi connectivity index (χ1) is 23.6. The molecule has 1 atom stereocenters. The van der Waals surface area contributed by atoms with Gasteiger partial charge in [-0.2, -0.15) is 0 Å². The van der Waals surface area contributed by atoms with Gasteiger partial charge in [-0.3, -0.25) is 4.99 Å². The van der Waals surface area contributed by atoms with Crippen molar-refractivity contribution in [2.45, 2.75) is 177 Å². The zero-order chi connectivity index (χ0) is 36.3. The molecule has 0 N–H and O–H groups in total. The average molecular weight is 658 g/mol. The fourth-order valence-electron chi connectivity index (χ4n) is 6.15. The maximum absolute atomic E-state index is 4.50. The molecule has 1 heterocycles. The van der Waals surface area contributed by atoms with Crippen LogP contribution in [0.3, 0.4) is 0 Å². The molecular weight excluding hydrogens is 579 g/mol. The number of nitrogens with zero attached hydrogens (tertiary/aromatic N) is 1. The number of aryl methyl sites for hydroxylation is 2. The number of allylic oxidation sites excluding steroid dienone is 6. The van der Waals surface area contributed by atoms with Crippen molar-refractivity contribution in [2.75, 3.05) is 0 Å². The van der Waals surface area contributed by atoms with Crippen LogP contribution in [0.1, 0.15) is 169 Å². The van der Waals surface area contributed by atoms with Gasteiger partial charge >= 0.3 is 0 Å². The van der Waals surface area contributed by atoms with Gasteiger partial charge in [0.05, 0.1) is 6.04 Å². The predicted molar refractivity (Wildman–Crippen MR) is 223 cm³/mol. The molecule has 1 aromatic rings. The minimum Gasteiger partial charge on any atom is -0.289 e. The van der Waals surface area contributed by atoms with Crippen LogP contribution in [0.25, 0.3) is 0 Å². The Balaban J connectivity index is 0. The van der Waals surface area contributed by atoms with Crippen molar-refractivity contribution >= 4 is 6.21 Å². The maximum atomic E-state index is 4.50. The van der Waals surface area contributed by atoms with Crippen molar-refractivity contribution in [3.8, 4) is 0 Å². The Morgan fingerprint density at radius 3 is 1.98 bits per heavy atom. The van der Waals surface area contributed by atoms with Gasteiger partial charge < -0.3 is 0 Å². The number of aliphatic imine (C=N–C) groups is 1. The Labute approximate surface area is 301 Å². The van der Waals surface area contributed by atoms with Gasteiger partial charge in [-0.05, 0) is 99.0 Å². The van der Waals surface area contributed by atoms with Crippen molar-refractivity contribution in [1.29, 1.82) is 0 Å². The van der Waals surface area contributed by atoms with Crippen LogP contribution in [0.15, 0.2) is 96.3 Å². The lowest BCUT2D eigenvalue weighted by Gasteiger charge is -2.21. The van der Waals surface area contributed by atoms with Crippen molar-refractivity contribution in [3.05, 3.63) is 102 Å². The summed E-state index contributed by atoms with van der Waals surface area (Å²) >= 11 is 0. The number of benzene rings is 1. The molecule has 2 aliphatic carbocycles. The van der Waals surface area contributed by atoms with E-state index in [1.807, 2.05) is 33.9 Å². The summed E-state index contributed by atoms with van der Waals surface area (Å²) < 4.78 is 0. The largest absolute Gasteiger partial charge is 0.289 e. The molecule has 1 aromatic carbocycles. The van der Waals surface area contributed by atoms with Crippen LogP contribution < -0.4 is 0 Å². The predicted octanol–water partition coefficient (Wildman–Crippen LogP) is 15.4. The second-order valence-corrected chi connectivity index (χ2v) is 12.7. The van der Waals surface area contributed by atoms with Crippen LogP contribution in [0.5, 0.6) is 0 Å². The molecule has 1 fully saturated rings. The van der Waals surface area contributed by atoms with E-state index in [2.05, 4.69) is 113 Å². The molecule has 1 nitrogen and oxygen atoms in total. The normalized spacial score (nSPS) is 19.1. The fraction of sp³-hybridized carbons (Fsp3) is 0.617. The zero-order valence-corrected chi connectivity index (χ0v) is 33.3. The highest BCUT2D eigenvalue weighted by atomic mass is 14.8. The summed E-state index contributed by atoms with van der Waals surface area (Å²) in [6.45, 7) is 27.0. The molecule has 0 amide bonds. The van der Waals surface area contributed by atoms with E-state index in [-0.39, 0.29) is 0 Å². The second-order valence-electron chi connectivity index (χ2n) is 12.7. The third kappa shape index (κ3) is 24.5. The van der Waals surface area contributed by atoms with Gasteiger partial charge in [0.1, 0.15) is 0 Å². The van der Waals surface area contributed by atoms with Crippen LogP contribution in [0.4, 0.5) is 0 Å². The number of hydrogen-bond acceptors (Lipinski definition) is 1. The lowest BCUT2D eigenvalue weighted by molar-refractivity contribution is 0.324. The van der Waals surface area contributed by atoms with Gasteiger partial charge in [0.15, 0.2) is 0 Å². The Hall–Kier alpha value is -2.63. The highest BCUT2D eigenvalue weighted by Crippen LogP contribution is 2.27. The van der Waals surface area contributed by atoms with Gasteiger partial charge in [0.25, 0.3) is 0 Å². The van der Waals surface area contributed by atoms with Crippen molar-refractivity contribution < 1.29 is 0 Å². The van der Waals surface area contributed by atoms with Crippen LogP contribution in [-0.4, -0.2) is 12.3 Å². The lowest BCUT2D eigenvalue weighted by atomic mass is 9.85. The summed E-state index contributed by atoms with van der Waals surface area (Å²) in [4.78, 5) is 4.50. The van der Waals surface area contributed by atoms with E-state index in [9.17, 15) is 0 Å². The Bertz CT molecular complexity index is 1000. The minimum absolute atomic E-state index is 0.372. The topological polar surface area (TPSA) is 12.4 Å². The molecular formula is C47H79N. The summed E-state index contributed by atoms with van der Waals surface area (Å²) in [5, 5.41) is 0. The van der Waals surface area contributed by atoms with E-state index >= 15 is 0 Å². The summed E-state index contributed by atoms with van der Waals surface area (Å²) in [7, 11) is 0. The van der Waals surface area contributed by atoms with E-state index in [0.717, 1.165) is 43.9 Å². The quantitative estimate of drug-likeness (QED) is 0.128. The van der Waals surface area contributed by atoms with Gasteiger partial charge in [0, 0.05) is 0 Å². The average Bonchev–Trinajstić information content (AvgIpc) is 3.55. The number of hydrogen-bond donors (Lipinski definition) is 0. The third-order valence-corrected chi connectivity index (χ3v) is 9.19. The van der Waals surface area contributed by atoms with Gasteiger partial charge in [-0.15, -0.1) is 18.9 Å². The van der Waals surface area contributed by atoms with Crippen molar-refractivity contribution in [3.63, 3.8) is 0 Å². The molecule has 0 saturated heterocycles. The molecule has 3 aliphatic rings. The van der Waals surface area contributed by atoms with Crippen LogP contribution >= 0.6 is 0 Å². The highest BCUT2D eigenvalue weighted by Gasteiger charge is 2.15. The SMILES string of the molecule is C=C.C=C=C(CCCCc1ccc(CC)cc1)C1CCC=N1.CC.CC.CCC1CCCC(C)CCC1.CCCCC1=CC=CC=CC1. The Morgan fingerprint density at radius 1 is 0.792 bits per heavy atom. The van der Waals surface area contributed by atoms with Crippen LogP contribution in [-0.2, 0) is 12.8 Å². The maximum Gasteiger partial charge on any atom is 0.0782 e. The van der Waals surface area contributed by atoms with Gasteiger partial charge in [0.2, 0.25) is 0 Å². The summed E-state index contributed by atoms with van der Waals surface area (Å²) in [6, 6.07) is 9.40. The molecule has 1 saturated carbocycles. The fourth-order valence-corrected chi connectivity index (χ4v) is 6.15. The Kier molecular flexibility index (Phi) is 35.3. The summed E-state index contributed by atoms with van der Waals surface area (Å²) in [5.74, 6) is 2.07. The molecule has 0 radical (unpaired) electrons. The summed E-state index contributed by atoms with van der Waals surface area (Å²) in [5.41, 5.74) is 8.85. The molecule has 0 spiro atoms. The van der Waals surface area contributed by atoms with E-state index < -0.39 is 0 Å². The smallest absolute Gasteiger partial charge is 0.0782 e. The third-order valence-electron chi connectivity index (χ3n) is 9.19. The van der Waals surface area contributed by atoms with Crippen LogP contribution in [0.2, 0.25) is 0 Å². The molecule has 0 aromatic heterocycles. The van der Waals surface area contributed by atoms with E-state index in [4.69, 9.17) is 0 Å². The Morgan fingerprint density at radius 2 is 1.44 bits per heavy atom. The van der Waals surface area contributed by atoms with Crippen molar-refractivity contribution in [2.24, 2.45) is 16.8 Å². The second kappa shape index (κ2) is 35.7. The lowest BCUT2D eigenvalue weighted by Crippen LogP contribution is -2.06. The monoisotopic (exact) mass is 658 g/mol. The standard InChI is InChI=1S/C19H25N.C11H22.C11H16.2C2H6.C2H4/c1-3-16-11-13-17(14-12-16)8-5-6-9-18(4-2)19-10-7-15-20-19;1-3-11-8-4-6-10(2)7-5-9-11;1-2-3-8-11-9-6-4-5-7-10-11;3*1-2/h11-15,19H,2-3,5-10H2,1H3;10-11H,3-9H2,1-2H3;4-7,9H,2-3,8,10H2,1H3;2*1-2H3;1-2H2. The molecule has 48 heavy (non-hydrogen) atoms. The highest BCUT2D eigenvalue weighted by molar-refractivity contribution is 5.60. The van der Waals surface area contributed by atoms with E-state index in [1.165, 1.54) is 100 Å². The van der Waals surface area contributed by atoms with Gasteiger partial charge in [-0.25, -0.2) is 0 Å². The van der Waals surface area contributed by atoms with E-state index in [0.29, 0.717) is 6.04 Å². The zero-order valence-electron chi connectivity index (χ0n) is 33.3. The summed E-state index contributed by atoms with van der Waals surface area (Å²) in [6.07, 6.45) is 36.3. The molecule has 272 valence electrons. The van der Waals surface area contributed by atoms with Gasteiger partial charge in [-0.1, -0.05) is 174 Å². The minimum atomic E-state index is 0.372. The molecule has 0 bridgehead atoms. The molecule has 4 rings (SSSR count). The van der Waals surface area contributed by atoms with E-state index in [1.54, 1.807) is 5.57 Å². The van der Waals surface area contributed by atoms with Crippen LogP contribution in [0, 0.1) is 11.8 Å². The first-order valence-corrected chi connectivity index (χ1v) is 20.1.